The fraction of sp³-hybridized carbons (Fsp3) is 0.182. The van der Waals surface area contributed by atoms with Crippen LogP contribution in [0.3, 0.4) is 0 Å². The smallest absolute Gasteiger partial charge is 0.252 e. The predicted octanol–water partition coefficient (Wildman–Crippen LogP) is 1.62. The number of benzene rings is 1. The fourth-order valence-electron chi connectivity index (χ4n) is 1.45. The zero-order chi connectivity index (χ0) is 12.3. The number of nitriles is 1. The van der Waals surface area contributed by atoms with Crippen LogP contribution >= 0.6 is 15.9 Å². The molecule has 0 aliphatic rings. The second kappa shape index (κ2) is 5.08. The molecule has 1 heterocycles. The molecule has 0 atom stereocenters. The summed E-state index contributed by atoms with van der Waals surface area (Å²) in [5, 5.41) is 15.8. The Morgan fingerprint density at radius 2 is 2.35 bits per heavy atom. The molecule has 2 aromatic rings. The van der Waals surface area contributed by atoms with Gasteiger partial charge in [0.15, 0.2) is 0 Å². The summed E-state index contributed by atoms with van der Waals surface area (Å²) in [4.78, 5) is 3.86. The lowest BCUT2D eigenvalue weighted by atomic mass is 10.2. The van der Waals surface area contributed by atoms with Crippen molar-refractivity contribution in [2.45, 2.75) is 6.54 Å². The van der Waals surface area contributed by atoms with Crippen molar-refractivity contribution in [2.24, 2.45) is 0 Å². The lowest BCUT2D eigenvalue weighted by molar-refractivity contribution is 0.811. The van der Waals surface area contributed by atoms with Crippen LogP contribution in [0.15, 0.2) is 29.0 Å². The Bertz CT molecular complexity index is 569. The van der Waals surface area contributed by atoms with Crippen LogP contribution in [0.2, 0.25) is 0 Å². The summed E-state index contributed by atoms with van der Waals surface area (Å²) in [6.07, 6.45) is 1.53. The Labute approximate surface area is 107 Å². The summed E-state index contributed by atoms with van der Waals surface area (Å²) in [5.74, 6) is 0.167. The fourth-order valence-corrected chi connectivity index (χ4v) is 1.96. The van der Waals surface area contributed by atoms with Crippen molar-refractivity contribution < 1.29 is 0 Å². The van der Waals surface area contributed by atoms with Crippen LogP contribution in [0.25, 0.3) is 5.69 Å². The van der Waals surface area contributed by atoms with E-state index < -0.39 is 0 Å². The van der Waals surface area contributed by atoms with E-state index in [4.69, 9.17) is 5.26 Å². The molecule has 86 valence electrons. The molecular weight excluding hydrogens is 282 g/mol. The second-order valence-corrected chi connectivity index (χ2v) is 4.28. The maximum atomic E-state index is 8.66. The van der Waals surface area contributed by atoms with Crippen LogP contribution in [0.4, 0.5) is 0 Å². The molecule has 0 aliphatic carbocycles. The largest absolute Gasteiger partial charge is 0.316 e. The molecule has 0 unspecified atom stereocenters. The first-order valence-corrected chi connectivity index (χ1v) is 5.79. The van der Waals surface area contributed by atoms with Gasteiger partial charge in [0.2, 0.25) is 0 Å². The summed E-state index contributed by atoms with van der Waals surface area (Å²) >= 11 is 3.50. The number of halogens is 1. The highest BCUT2D eigenvalue weighted by Gasteiger charge is 2.04. The average Bonchev–Trinajstić information content (AvgIpc) is 2.80. The van der Waals surface area contributed by atoms with Gasteiger partial charge >= 0.3 is 0 Å². The van der Waals surface area contributed by atoms with E-state index in [1.165, 1.54) is 6.33 Å². The summed E-state index contributed by atoms with van der Waals surface area (Å²) in [5.41, 5.74) is 2.03. The molecule has 0 fully saturated rings. The molecule has 1 aromatic carbocycles. The maximum Gasteiger partial charge on any atom is 0.252 e. The lowest BCUT2D eigenvalue weighted by Crippen LogP contribution is -2.06. The molecule has 2 rings (SSSR count). The molecule has 17 heavy (non-hydrogen) atoms. The molecule has 1 N–H and O–H groups in total. The van der Waals surface area contributed by atoms with Gasteiger partial charge in [0.1, 0.15) is 12.4 Å². The number of nitrogens with one attached hydrogen (secondary N) is 1. The first kappa shape index (κ1) is 11.8. The Kier molecular flexibility index (Phi) is 3.52. The second-order valence-electron chi connectivity index (χ2n) is 3.43. The van der Waals surface area contributed by atoms with Crippen molar-refractivity contribution >= 4 is 15.9 Å². The van der Waals surface area contributed by atoms with Gasteiger partial charge < -0.3 is 5.32 Å². The van der Waals surface area contributed by atoms with Gasteiger partial charge in [0.25, 0.3) is 5.82 Å². The van der Waals surface area contributed by atoms with Gasteiger partial charge in [-0.1, -0.05) is 22.0 Å². The number of hydrogen-bond donors (Lipinski definition) is 1. The van der Waals surface area contributed by atoms with Crippen LogP contribution in [0, 0.1) is 11.3 Å². The maximum absolute atomic E-state index is 8.66. The first-order valence-electron chi connectivity index (χ1n) is 4.99. The van der Waals surface area contributed by atoms with Crippen molar-refractivity contribution in [3.05, 3.63) is 40.4 Å². The van der Waals surface area contributed by atoms with Crippen molar-refractivity contribution in [1.29, 1.82) is 5.26 Å². The summed E-state index contributed by atoms with van der Waals surface area (Å²) in [6, 6.07) is 7.79. The monoisotopic (exact) mass is 291 g/mol. The van der Waals surface area contributed by atoms with Crippen LogP contribution < -0.4 is 5.32 Å². The Morgan fingerprint density at radius 3 is 2.94 bits per heavy atom. The molecule has 0 saturated heterocycles. The highest BCUT2D eigenvalue weighted by Crippen LogP contribution is 2.20. The summed E-state index contributed by atoms with van der Waals surface area (Å²) in [6.45, 7) is 0.793. The van der Waals surface area contributed by atoms with Gasteiger partial charge in [-0.3, -0.25) is 0 Å². The minimum atomic E-state index is 0.167. The minimum Gasteiger partial charge on any atom is -0.316 e. The van der Waals surface area contributed by atoms with Gasteiger partial charge in [0.05, 0.1) is 5.69 Å². The standard InChI is InChI=1S/C11H10BrN5/c1-14-6-8-2-3-9(4-10(8)12)17-7-15-11(5-13)16-17/h2-4,7,14H,6H2,1H3. The van der Waals surface area contributed by atoms with E-state index in [0.717, 1.165) is 22.3 Å². The number of nitrogens with zero attached hydrogens (tertiary/aromatic N) is 4. The lowest BCUT2D eigenvalue weighted by Gasteiger charge is -2.06. The highest BCUT2D eigenvalue weighted by molar-refractivity contribution is 9.10. The van der Waals surface area contributed by atoms with Gasteiger partial charge in [-0.2, -0.15) is 5.26 Å². The SMILES string of the molecule is CNCc1ccc(-n2cnc(C#N)n2)cc1Br. The molecule has 0 saturated carbocycles. The molecule has 5 nitrogen and oxygen atoms in total. The zero-order valence-electron chi connectivity index (χ0n) is 9.18. The molecular formula is C11H10BrN5. The van der Waals surface area contributed by atoms with Crippen LogP contribution in [0.5, 0.6) is 0 Å². The average molecular weight is 292 g/mol. The van der Waals surface area contributed by atoms with E-state index in [1.54, 1.807) is 4.68 Å². The van der Waals surface area contributed by atoms with Crippen LogP contribution in [-0.4, -0.2) is 21.8 Å². The topological polar surface area (TPSA) is 66.5 Å². The van der Waals surface area contributed by atoms with Crippen LogP contribution in [-0.2, 0) is 6.54 Å². The van der Waals surface area contributed by atoms with Crippen molar-refractivity contribution in [3.63, 3.8) is 0 Å². The molecule has 1 aromatic heterocycles. The summed E-state index contributed by atoms with van der Waals surface area (Å²) < 4.78 is 2.57. The molecule has 6 heteroatoms. The number of rotatable bonds is 3. The third-order valence-electron chi connectivity index (χ3n) is 2.26. The van der Waals surface area contributed by atoms with Gasteiger partial charge in [-0.05, 0) is 24.7 Å². The third kappa shape index (κ3) is 2.52. The third-order valence-corrected chi connectivity index (χ3v) is 3.00. The molecule has 0 radical (unpaired) electrons. The van der Waals surface area contributed by atoms with Crippen molar-refractivity contribution in [2.75, 3.05) is 7.05 Å². The van der Waals surface area contributed by atoms with E-state index >= 15 is 0 Å². The van der Waals surface area contributed by atoms with Gasteiger partial charge in [0, 0.05) is 11.0 Å². The Morgan fingerprint density at radius 1 is 1.53 bits per heavy atom. The predicted molar refractivity (Wildman–Crippen MR) is 66.5 cm³/mol. The van der Waals surface area contributed by atoms with E-state index in [-0.39, 0.29) is 5.82 Å². The first-order chi connectivity index (χ1) is 8.24. The van der Waals surface area contributed by atoms with Gasteiger partial charge in [-0.25, -0.2) is 9.67 Å². The van der Waals surface area contributed by atoms with Gasteiger partial charge in [-0.15, -0.1) is 5.10 Å². The molecule has 0 aliphatic heterocycles. The van der Waals surface area contributed by atoms with Crippen molar-refractivity contribution in [3.8, 4) is 11.8 Å². The number of aromatic nitrogens is 3. The molecule has 0 amide bonds. The minimum absolute atomic E-state index is 0.167. The molecule has 0 bridgehead atoms. The van der Waals surface area contributed by atoms with E-state index in [0.29, 0.717) is 0 Å². The molecule has 0 spiro atoms. The Hall–Kier alpha value is -1.71. The highest BCUT2D eigenvalue weighted by atomic mass is 79.9. The van der Waals surface area contributed by atoms with Crippen LogP contribution in [0.1, 0.15) is 11.4 Å². The normalized spacial score (nSPS) is 10.2. The Balaban J connectivity index is 2.34. The van der Waals surface area contributed by atoms with E-state index in [9.17, 15) is 0 Å². The van der Waals surface area contributed by atoms with Crippen molar-refractivity contribution in [1.82, 2.24) is 20.1 Å². The zero-order valence-corrected chi connectivity index (χ0v) is 10.8. The quantitative estimate of drug-likeness (QED) is 0.933. The number of hydrogen-bond acceptors (Lipinski definition) is 4. The summed E-state index contributed by atoms with van der Waals surface area (Å²) in [7, 11) is 1.90. The van der Waals surface area contributed by atoms with E-state index in [1.807, 2.05) is 31.3 Å². The van der Waals surface area contributed by atoms with E-state index in [2.05, 4.69) is 31.3 Å².